The molecule has 0 aliphatic carbocycles. The van der Waals surface area contributed by atoms with Crippen molar-refractivity contribution in [3.05, 3.63) is 17.8 Å². The number of nitrogens with two attached hydrogens (primary N) is 1. The van der Waals surface area contributed by atoms with E-state index in [0.717, 1.165) is 18.4 Å². The van der Waals surface area contributed by atoms with Gasteiger partial charge in [-0.05, 0) is 44.2 Å². The van der Waals surface area contributed by atoms with Gasteiger partial charge in [-0.3, -0.25) is 9.59 Å². The molecule has 21 heavy (non-hydrogen) atoms. The molecule has 2 heterocycles. The standard InChI is InChI=1S/C15H22N4O2/c1-9-4-5-11(3)19(8-9)15(21)14(20)18-12-6-10(2)13(16)17-7-12/h6-7,9,11H,4-5,8H2,1-3H3,(H2,16,17)(H,18,20)/t9-,11-/m1/s1. The van der Waals surface area contributed by atoms with Crippen molar-refractivity contribution >= 4 is 23.3 Å². The van der Waals surface area contributed by atoms with Gasteiger partial charge in [0.15, 0.2) is 0 Å². The molecule has 0 bridgehead atoms. The first kappa shape index (κ1) is 15.3. The van der Waals surface area contributed by atoms with Crippen LogP contribution < -0.4 is 11.1 Å². The van der Waals surface area contributed by atoms with Crippen molar-refractivity contribution in [1.82, 2.24) is 9.88 Å². The number of aromatic nitrogens is 1. The van der Waals surface area contributed by atoms with Gasteiger partial charge in [-0.1, -0.05) is 6.92 Å². The van der Waals surface area contributed by atoms with Gasteiger partial charge in [-0.15, -0.1) is 0 Å². The van der Waals surface area contributed by atoms with E-state index in [-0.39, 0.29) is 6.04 Å². The monoisotopic (exact) mass is 290 g/mol. The number of anilines is 2. The first-order chi connectivity index (χ1) is 9.88. The Hall–Kier alpha value is -2.11. The number of nitrogens with one attached hydrogen (secondary N) is 1. The quantitative estimate of drug-likeness (QED) is 0.768. The van der Waals surface area contributed by atoms with Crippen LogP contribution in [0.15, 0.2) is 12.3 Å². The minimum absolute atomic E-state index is 0.103. The molecule has 3 N–H and O–H groups in total. The maximum atomic E-state index is 12.3. The number of hydrogen-bond donors (Lipinski definition) is 2. The highest BCUT2D eigenvalue weighted by molar-refractivity contribution is 6.39. The molecule has 2 atom stereocenters. The average molecular weight is 290 g/mol. The van der Waals surface area contributed by atoms with Gasteiger partial charge < -0.3 is 16.0 Å². The van der Waals surface area contributed by atoms with Crippen LogP contribution in [-0.4, -0.2) is 34.3 Å². The molecule has 2 amide bonds. The van der Waals surface area contributed by atoms with Crippen LogP contribution in [-0.2, 0) is 9.59 Å². The highest BCUT2D eigenvalue weighted by Gasteiger charge is 2.30. The third kappa shape index (κ3) is 3.51. The molecule has 1 aromatic rings. The molecule has 6 nitrogen and oxygen atoms in total. The molecule has 114 valence electrons. The lowest BCUT2D eigenvalue weighted by atomic mass is 9.95. The lowest BCUT2D eigenvalue weighted by molar-refractivity contribution is -0.146. The number of nitrogens with zero attached hydrogens (tertiary/aromatic N) is 2. The van der Waals surface area contributed by atoms with E-state index in [1.54, 1.807) is 17.9 Å². The maximum Gasteiger partial charge on any atom is 0.313 e. The van der Waals surface area contributed by atoms with Gasteiger partial charge in [0.1, 0.15) is 5.82 Å². The largest absolute Gasteiger partial charge is 0.383 e. The molecular formula is C15H22N4O2. The zero-order valence-electron chi connectivity index (χ0n) is 12.7. The van der Waals surface area contributed by atoms with E-state index in [1.807, 2.05) is 6.92 Å². The van der Waals surface area contributed by atoms with E-state index in [1.165, 1.54) is 6.20 Å². The Bertz CT molecular complexity index is 559. The molecule has 0 spiro atoms. The Morgan fingerprint density at radius 1 is 1.38 bits per heavy atom. The first-order valence-corrected chi connectivity index (χ1v) is 7.22. The number of nitrogen functional groups attached to an aromatic ring is 1. The fourth-order valence-electron chi connectivity index (χ4n) is 2.54. The summed E-state index contributed by atoms with van der Waals surface area (Å²) >= 11 is 0. The van der Waals surface area contributed by atoms with Gasteiger partial charge in [0.25, 0.3) is 0 Å². The summed E-state index contributed by atoms with van der Waals surface area (Å²) in [6.07, 6.45) is 3.48. The number of hydrogen-bond acceptors (Lipinski definition) is 4. The molecule has 2 rings (SSSR count). The van der Waals surface area contributed by atoms with Crippen LogP contribution in [0.4, 0.5) is 11.5 Å². The van der Waals surface area contributed by atoms with Gasteiger partial charge in [0.2, 0.25) is 0 Å². The zero-order chi connectivity index (χ0) is 15.6. The summed E-state index contributed by atoms with van der Waals surface area (Å²) in [4.78, 5) is 30.0. The summed E-state index contributed by atoms with van der Waals surface area (Å²) in [6.45, 7) is 6.50. The van der Waals surface area contributed by atoms with Crippen molar-refractivity contribution in [2.75, 3.05) is 17.6 Å². The van der Waals surface area contributed by atoms with Crippen LogP contribution in [0.5, 0.6) is 0 Å². The molecule has 1 saturated heterocycles. The Balaban J connectivity index is 2.05. The van der Waals surface area contributed by atoms with Gasteiger partial charge in [-0.2, -0.15) is 0 Å². The summed E-state index contributed by atoms with van der Waals surface area (Å²) in [5.41, 5.74) is 6.88. The first-order valence-electron chi connectivity index (χ1n) is 7.22. The van der Waals surface area contributed by atoms with Crippen molar-refractivity contribution in [2.24, 2.45) is 5.92 Å². The van der Waals surface area contributed by atoms with Crippen molar-refractivity contribution in [3.8, 4) is 0 Å². The number of carbonyl (C=O) groups is 2. The molecule has 1 aromatic heterocycles. The predicted molar refractivity (Wildman–Crippen MR) is 81.6 cm³/mol. The summed E-state index contributed by atoms with van der Waals surface area (Å²) in [7, 11) is 0. The highest BCUT2D eigenvalue weighted by atomic mass is 16.2. The third-order valence-corrected chi connectivity index (χ3v) is 3.95. The molecule has 1 aliphatic rings. The van der Waals surface area contributed by atoms with Gasteiger partial charge in [0, 0.05) is 12.6 Å². The number of carbonyl (C=O) groups excluding carboxylic acids is 2. The zero-order valence-corrected chi connectivity index (χ0v) is 12.7. The molecule has 6 heteroatoms. The smallest absolute Gasteiger partial charge is 0.313 e. The summed E-state index contributed by atoms with van der Waals surface area (Å²) in [5, 5.41) is 2.59. The van der Waals surface area contributed by atoms with E-state index >= 15 is 0 Å². The van der Waals surface area contributed by atoms with Crippen LogP contribution >= 0.6 is 0 Å². The Morgan fingerprint density at radius 2 is 2.10 bits per heavy atom. The van der Waals surface area contributed by atoms with Crippen LogP contribution in [0.1, 0.15) is 32.3 Å². The summed E-state index contributed by atoms with van der Waals surface area (Å²) < 4.78 is 0. The fourth-order valence-corrected chi connectivity index (χ4v) is 2.54. The van der Waals surface area contributed by atoms with Crippen LogP contribution in [0.2, 0.25) is 0 Å². The van der Waals surface area contributed by atoms with Crippen molar-refractivity contribution < 1.29 is 9.59 Å². The van der Waals surface area contributed by atoms with Crippen LogP contribution in [0.3, 0.4) is 0 Å². The summed E-state index contributed by atoms with van der Waals surface area (Å²) in [5.74, 6) is -0.262. The van der Waals surface area contributed by atoms with E-state index in [4.69, 9.17) is 5.73 Å². The molecule has 0 aromatic carbocycles. The number of pyridine rings is 1. The average Bonchev–Trinajstić information content (AvgIpc) is 2.44. The van der Waals surface area contributed by atoms with Gasteiger partial charge in [-0.25, -0.2) is 4.98 Å². The second-order valence-corrected chi connectivity index (χ2v) is 5.87. The van der Waals surface area contributed by atoms with Crippen molar-refractivity contribution in [1.29, 1.82) is 0 Å². The molecule has 0 radical (unpaired) electrons. The number of piperidine rings is 1. The van der Waals surface area contributed by atoms with Crippen LogP contribution in [0, 0.1) is 12.8 Å². The van der Waals surface area contributed by atoms with Gasteiger partial charge in [0.05, 0.1) is 11.9 Å². The number of rotatable bonds is 1. The molecule has 1 fully saturated rings. The predicted octanol–water partition coefficient (Wildman–Crippen LogP) is 1.56. The lowest BCUT2D eigenvalue weighted by Crippen LogP contribution is -2.49. The highest BCUT2D eigenvalue weighted by Crippen LogP contribution is 2.21. The molecule has 0 saturated carbocycles. The second-order valence-electron chi connectivity index (χ2n) is 5.87. The van der Waals surface area contributed by atoms with E-state index in [2.05, 4.69) is 17.2 Å². The fraction of sp³-hybridized carbons (Fsp3) is 0.533. The SMILES string of the molecule is Cc1cc(NC(=O)C(=O)N2C[C@H](C)CC[C@H]2C)cnc1N. The minimum Gasteiger partial charge on any atom is -0.383 e. The topological polar surface area (TPSA) is 88.3 Å². The molecule has 1 aliphatic heterocycles. The summed E-state index contributed by atoms with van der Waals surface area (Å²) in [6, 6.07) is 1.81. The van der Waals surface area contributed by atoms with E-state index in [0.29, 0.717) is 24.0 Å². The maximum absolute atomic E-state index is 12.3. The Morgan fingerprint density at radius 3 is 2.76 bits per heavy atom. The molecule has 0 unspecified atom stereocenters. The van der Waals surface area contributed by atoms with Crippen molar-refractivity contribution in [2.45, 2.75) is 39.7 Å². The normalized spacial score (nSPS) is 22.0. The molecular weight excluding hydrogens is 268 g/mol. The Kier molecular flexibility index (Phi) is 4.45. The van der Waals surface area contributed by atoms with Crippen LogP contribution in [0.25, 0.3) is 0 Å². The minimum atomic E-state index is -0.623. The van der Waals surface area contributed by atoms with Gasteiger partial charge >= 0.3 is 11.8 Å². The Labute approximate surface area is 124 Å². The number of aryl methyl sites for hydroxylation is 1. The number of amides is 2. The number of likely N-dealkylation sites (tertiary alicyclic amines) is 1. The van der Waals surface area contributed by atoms with E-state index in [9.17, 15) is 9.59 Å². The lowest BCUT2D eigenvalue weighted by Gasteiger charge is -2.36. The second kappa shape index (κ2) is 6.11. The van der Waals surface area contributed by atoms with E-state index < -0.39 is 11.8 Å². The van der Waals surface area contributed by atoms with Crippen molar-refractivity contribution in [3.63, 3.8) is 0 Å². The third-order valence-electron chi connectivity index (χ3n) is 3.95.